The van der Waals surface area contributed by atoms with Gasteiger partial charge in [-0.1, -0.05) is 6.07 Å². The summed E-state index contributed by atoms with van der Waals surface area (Å²) in [5.74, 6) is -0.0634. The first-order chi connectivity index (χ1) is 13.0. The number of aliphatic carboxylic acids is 1. The first-order valence-electron chi connectivity index (χ1n) is 9.63. The zero-order valence-electron chi connectivity index (χ0n) is 15.8. The molecule has 0 radical (unpaired) electrons. The van der Waals surface area contributed by atoms with E-state index in [1.807, 2.05) is 25.1 Å². The molecule has 3 rings (SSSR count). The Morgan fingerprint density at radius 3 is 2.81 bits per heavy atom. The summed E-state index contributed by atoms with van der Waals surface area (Å²) in [5, 5.41) is 12.0. The molecule has 0 saturated carbocycles. The molecule has 2 aliphatic heterocycles. The molecule has 0 bridgehead atoms. The highest BCUT2D eigenvalue weighted by Gasteiger charge is 2.28. The van der Waals surface area contributed by atoms with E-state index in [2.05, 4.69) is 5.32 Å². The average Bonchev–Trinajstić information content (AvgIpc) is 2.69. The largest absolute Gasteiger partial charge is 0.493 e. The molecule has 27 heavy (non-hydrogen) atoms. The Morgan fingerprint density at radius 1 is 1.30 bits per heavy atom. The highest BCUT2D eigenvalue weighted by Crippen LogP contribution is 2.25. The lowest BCUT2D eigenvalue weighted by molar-refractivity contribution is -0.143. The molecule has 1 aromatic rings. The van der Waals surface area contributed by atoms with Crippen molar-refractivity contribution in [1.29, 1.82) is 0 Å². The predicted octanol–water partition coefficient (Wildman–Crippen LogP) is 3.13. The quantitative estimate of drug-likeness (QED) is 0.824. The predicted molar refractivity (Wildman–Crippen MR) is 101 cm³/mol. The number of nitrogens with one attached hydrogen (secondary N) is 1. The van der Waals surface area contributed by atoms with Crippen LogP contribution in [0.2, 0.25) is 0 Å². The zero-order valence-corrected chi connectivity index (χ0v) is 15.8. The molecule has 1 unspecified atom stereocenters. The van der Waals surface area contributed by atoms with Gasteiger partial charge in [-0.15, -0.1) is 0 Å². The number of carbonyl (C=O) groups is 2. The third-order valence-corrected chi connectivity index (χ3v) is 5.31. The summed E-state index contributed by atoms with van der Waals surface area (Å²) >= 11 is 0. The standard InChI is InChI=1S/C20H28N2O5/c1-14-4-5-17(11-18(14)27-13-15-6-9-26-10-7-15)21-20(25)22-8-2-3-16(12-22)19(23)24/h4-5,11,15-16H,2-3,6-10,12-13H2,1H3,(H,21,25)(H,23,24). The number of ether oxygens (including phenoxy) is 2. The van der Waals surface area contributed by atoms with Gasteiger partial charge in [0.2, 0.25) is 0 Å². The molecule has 0 aromatic heterocycles. The summed E-state index contributed by atoms with van der Waals surface area (Å²) in [5.41, 5.74) is 1.67. The van der Waals surface area contributed by atoms with E-state index in [1.165, 1.54) is 0 Å². The van der Waals surface area contributed by atoms with Gasteiger partial charge in [0.1, 0.15) is 5.75 Å². The van der Waals surface area contributed by atoms with Crippen molar-refractivity contribution in [2.45, 2.75) is 32.6 Å². The van der Waals surface area contributed by atoms with Crippen LogP contribution in [0.1, 0.15) is 31.2 Å². The Kier molecular flexibility index (Phi) is 6.55. The molecule has 2 heterocycles. The minimum Gasteiger partial charge on any atom is -0.493 e. The number of aryl methyl sites for hydroxylation is 1. The third-order valence-electron chi connectivity index (χ3n) is 5.31. The highest BCUT2D eigenvalue weighted by molar-refractivity contribution is 5.90. The van der Waals surface area contributed by atoms with Crippen LogP contribution in [-0.2, 0) is 9.53 Å². The van der Waals surface area contributed by atoms with Crippen LogP contribution in [0.25, 0.3) is 0 Å². The lowest BCUT2D eigenvalue weighted by atomic mass is 9.99. The second-order valence-electron chi connectivity index (χ2n) is 7.40. The number of carboxylic acid groups (broad SMARTS) is 1. The monoisotopic (exact) mass is 376 g/mol. The minimum absolute atomic E-state index is 0.250. The molecule has 7 heteroatoms. The van der Waals surface area contributed by atoms with Crippen molar-refractivity contribution >= 4 is 17.7 Å². The van der Waals surface area contributed by atoms with E-state index in [-0.39, 0.29) is 12.6 Å². The van der Waals surface area contributed by atoms with E-state index in [4.69, 9.17) is 9.47 Å². The lowest BCUT2D eigenvalue weighted by Gasteiger charge is -2.30. The van der Waals surface area contributed by atoms with E-state index < -0.39 is 11.9 Å². The number of likely N-dealkylation sites (tertiary alicyclic amines) is 1. The van der Waals surface area contributed by atoms with Crippen molar-refractivity contribution in [3.63, 3.8) is 0 Å². The van der Waals surface area contributed by atoms with E-state index in [9.17, 15) is 14.7 Å². The number of carboxylic acids is 1. The van der Waals surface area contributed by atoms with Gasteiger partial charge in [-0.25, -0.2) is 4.79 Å². The first kappa shape index (κ1) is 19.5. The molecule has 1 aromatic carbocycles. The fraction of sp³-hybridized carbons (Fsp3) is 0.600. The van der Waals surface area contributed by atoms with Gasteiger partial charge in [0.05, 0.1) is 12.5 Å². The van der Waals surface area contributed by atoms with Crippen molar-refractivity contribution < 1.29 is 24.2 Å². The maximum Gasteiger partial charge on any atom is 0.321 e. The van der Waals surface area contributed by atoms with Crippen molar-refractivity contribution in [1.82, 2.24) is 4.90 Å². The number of amides is 2. The maximum absolute atomic E-state index is 12.5. The number of benzene rings is 1. The van der Waals surface area contributed by atoms with Crippen molar-refractivity contribution in [3.05, 3.63) is 23.8 Å². The average molecular weight is 376 g/mol. The number of urea groups is 1. The van der Waals surface area contributed by atoms with Gasteiger partial charge >= 0.3 is 12.0 Å². The van der Waals surface area contributed by atoms with E-state index in [0.29, 0.717) is 37.6 Å². The molecule has 2 N–H and O–H groups in total. The second kappa shape index (κ2) is 9.08. The molecule has 2 aliphatic rings. The summed E-state index contributed by atoms with van der Waals surface area (Å²) in [6.45, 7) is 5.03. The first-order valence-corrected chi connectivity index (χ1v) is 9.63. The number of rotatable bonds is 5. The van der Waals surface area contributed by atoms with E-state index in [1.54, 1.807) is 4.90 Å². The smallest absolute Gasteiger partial charge is 0.321 e. The van der Waals surface area contributed by atoms with Gasteiger partial charge in [-0.2, -0.15) is 0 Å². The van der Waals surface area contributed by atoms with Gasteiger partial charge < -0.3 is 24.8 Å². The van der Waals surface area contributed by atoms with E-state index in [0.717, 1.165) is 37.4 Å². The number of hydrogen-bond donors (Lipinski definition) is 2. The van der Waals surface area contributed by atoms with Gasteiger partial charge in [0.15, 0.2) is 0 Å². The number of anilines is 1. The van der Waals surface area contributed by atoms with Crippen LogP contribution in [0.5, 0.6) is 5.75 Å². The maximum atomic E-state index is 12.5. The molecule has 2 saturated heterocycles. The Bertz CT molecular complexity index is 672. The van der Waals surface area contributed by atoms with Crippen LogP contribution in [0.4, 0.5) is 10.5 Å². The van der Waals surface area contributed by atoms with Crippen LogP contribution in [0.15, 0.2) is 18.2 Å². The summed E-state index contributed by atoms with van der Waals surface area (Å²) in [4.78, 5) is 25.3. The van der Waals surface area contributed by atoms with Gasteiger partial charge in [0, 0.05) is 38.1 Å². The van der Waals surface area contributed by atoms with Crippen LogP contribution < -0.4 is 10.1 Å². The van der Waals surface area contributed by atoms with Crippen LogP contribution >= 0.6 is 0 Å². The highest BCUT2D eigenvalue weighted by atomic mass is 16.5. The fourth-order valence-corrected chi connectivity index (χ4v) is 3.52. The summed E-state index contributed by atoms with van der Waals surface area (Å²) in [6.07, 6.45) is 3.34. The molecule has 0 aliphatic carbocycles. The molecule has 148 valence electrons. The van der Waals surface area contributed by atoms with E-state index >= 15 is 0 Å². The Hall–Kier alpha value is -2.28. The molecular weight excluding hydrogens is 348 g/mol. The molecule has 0 spiro atoms. The van der Waals surface area contributed by atoms with Gasteiger partial charge in [0.25, 0.3) is 0 Å². The van der Waals surface area contributed by atoms with Crippen molar-refractivity contribution in [2.24, 2.45) is 11.8 Å². The second-order valence-corrected chi connectivity index (χ2v) is 7.40. The third kappa shape index (κ3) is 5.35. The minimum atomic E-state index is -0.841. The number of carbonyl (C=O) groups excluding carboxylic acids is 1. The molecule has 7 nitrogen and oxygen atoms in total. The summed E-state index contributed by atoms with van der Waals surface area (Å²) in [6, 6.07) is 5.34. The number of piperidine rings is 1. The Balaban J connectivity index is 1.58. The normalized spacial score (nSPS) is 20.9. The SMILES string of the molecule is Cc1ccc(NC(=O)N2CCCC(C(=O)O)C2)cc1OCC1CCOCC1. The molecule has 2 fully saturated rings. The van der Waals surface area contributed by atoms with Crippen LogP contribution in [0, 0.1) is 18.8 Å². The lowest BCUT2D eigenvalue weighted by Crippen LogP contribution is -2.44. The van der Waals surface area contributed by atoms with Crippen LogP contribution in [0.3, 0.4) is 0 Å². The Morgan fingerprint density at radius 2 is 2.07 bits per heavy atom. The summed E-state index contributed by atoms with van der Waals surface area (Å²) in [7, 11) is 0. The Labute approximate surface area is 159 Å². The van der Waals surface area contributed by atoms with Crippen molar-refractivity contribution in [3.8, 4) is 5.75 Å². The molecule has 2 amide bonds. The fourth-order valence-electron chi connectivity index (χ4n) is 3.52. The number of nitrogens with zero attached hydrogens (tertiary/aromatic N) is 1. The topological polar surface area (TPSA) is 88.1 Å². The molecular formula is C20H28N2O5. The summed E-state index contributed by atoms with van der Waals surface area (Å²) < 4.78 is 11.4. The van der Waals surface area contributed by atoms with Crippen molar-refractivity contribution in [2.75, 3.05) is 38.2 Å². The van der Waals surface area contributed by atoms with Gasteiger partial charge in [-0.05, 0) is 50.2 Å². The zero-order chi connectivity index (χ0) is 19.2. The van der Waals surface area contributed by atoms with Crippen LogP contribution in [-0.4, -0.2) is 54.9 Å². The number of hydrogen-bond acceptors (Lipinski definition) is 4. The molecule has 1 atom stereocenters. The van der Waals surface area contributed by atoms with Gasteiger partial charge in [-0.3, -0.25) is 4.79 Å².